The Kier molecular flexibility index (Phi) is 3.26. The fourth-order valence-electron chi connectivity index (χ4n) is 2.20. The highest BCUT2D eigenvalue weighted by Crippen LogP contribution is 2.18. The Morgan fingerprint density at radius 3 is 2.73 bits per heavy atom. The van der Waals surface area contributed by atoms with Crippen LogP contribution in [0, 0.1) is 0 Å². The van der Waals surface area contributed by atoms with Crippen molar-refractivity contribution in [2.75, 3.05) is 24.5 Å². The zero-order valence-electron chi connectivity index (χ0n) is 9.61. The molecule has 1 aliphatic heterocycles. The molecule has 0 aromatic carbocycles. The Morgan fingerprint density at radius 2 is 2.20 bits per heavy atom. The van der Waals surface area contributed by atoms with Crippen molar-refractivity contribution in [3.63, 3.8) is 0 Å². The van der Waals surface area contributed by atoms with Crippen LogP contribution >= 0.6 is 0 Å². The summed E-state index contributed by atoms with van der Waals surface area (Å²) in [5, 5.41) is 7.72. The summed E-state index contributed by atoms with van der Waals surface area (Å²) in [7, 11) is 1.97. The van der Waals surface area contributed by atoms with Gasteiger partial charge < -0.3 is 10.2 Å². The summed E-state index contributed by atoms with van der Waals surface area (Å²) in [5.41, 5.74) is 1.26. The van der Waals surface area contributed by atoms with E-state index in [1.807, 2.05) is 17.9 Å². The van der Waals surface area contributed by atoms with Crippen LogP contribution in [0.15, 0.2) is 12.4 Å². The molecule has 4 heteroatoms. The Balaban J connectivity index is 1.88. The first kappa shape index (κ1) is 10.5. The second-order valence-corrected chi connectivity index (χ2v) is 4.19. The lowest BCUT2D eigenvalue weighted by molar-refractivity contribution is 0.424. The van der Waals surface area contributed by atoms with E-state index >= 15 is 0 Å². The number of anilines is 1. The first-order chi connectivity index (χ1) is 7.29. The van der Waals surface area contributed by atoms with Gasteiger partial charge in [0.15, 0.2) is 0 Å². The van der Waals surface area contributed by atoms with Crippen LogP contribution in [0.5, 0.6) is 0 Å². The molecule has 0 unspecified atom stereocenters. The lowest BCUT2D eigenvalue weighted by Crippen LogP contribution is -2.42. The van der Waals surface area contributed by atoms with Gasteiger partial charge in [0.25, 0.3) is 0 Å². The second kappa shape index (κ2) is 4.66. The highest BCUT2D eigenvalue weighted by atomic mass is 15.3. The molecule has 0 saturated carbocycles. The summed E-state index contributed by atoms with van der Waals surface area (Å²) in [6, 6.07) is 0.711. The fourth-order valence-corrected chi connectivity index (χ4v) is 2.20. The van der Waals surface area contributed by atoms with Crippen molar-refractivity contribution >= 4 is 5.69 Å². The van der Waals surface area contributed by atoms with Crippen LogP contribution in [0.2, 0.25) is 0 Å². The highest BCUT2D eigenvalue weighted by molar-refractivity contribution is 5.42. The van der Waals surface area contributed by atoms with Crippen molar-refractivity contribution in [2.45, 2.75) is 25.8 Å². The van der Waals surface area contributed by atoms with Crippen LogP contribution in [-0.2, 0) is 7.05 Å². The van der Waals surface area contributed by atoms with E-state index in [9.17, 15) is 0 Å². The molecule has 0 bridgehead atoms. The third-order valence-electron chi connectivity index (χ3n) is 3.04. The van der Waals surface area contributed by atoms with Gasteiger partial charge in [0.05, 0.1) is 11.9 Å². The van der Waals surface area contributed by atoms with E-state index in [1.54, 1.807) is 0 Å². The van der Waals surface area contributed by atoms with Crippen LogP contribution < -0.4 is 10.2 Å². The summed E-state index contributed by atoms with van der Waals surface area (Å²) >= 11 is 0. The summed E-state index contributed by atoms with van der Waals surface area (Å²) in [4.78, 5) is 2.42. The van der Waals surface area contributed by atoms with Gasteiger partial charge in [0.2, 0.25) is 0 Å². The van der Waals surface area contributed by atoms with Crippen LogP contribution in [0.1, 0.15) is 19.8 Å². The molecule has 0 radical (unpaired) electrons. The average molecular weight is 208 g/mol. The van der Waals surface area contributed by atoms with Gasteiger partial charge in [-0.05, 0) is 19.4 Å². The maximum absolute atomic E-state index is 4.21. The maximum Gasteiger partial charge on any atom is 0.0752 e. The Bertz CT molecular complexity index is 299. The van der Waals surface area contributed by atoms with Gasteiger partial charge in [0.1, 0.15) is 0 Å². The van der Waals surface area contributed by atoms with E-state index < -0.39 is 0 Å². The molecule has 1 N–H and O–H groups in total. The maximum atomic E-state index is 4.21. The third-order valence-corrected chi connectivity index (χ3v) is 3.04. The SMILES string of the molecule is CCNC1CCN(c2cnn(C)c2)CC1. The molecule has 84 valence electrons. The summed E-state index contributed by atoms with van der Waals surface area (Å²) in [5.74, 6) is 0. The first-order valence-electron chi connectivity index (χ1n) is 5.76. The molecule has 4 nitrogen and oxygen atoms in total. The number of hydrogen-bond donors (Lipinski definition) is 1. The van der Waals surface area contributed by atoms with E-state index in [0.29, 0.717) is 6.04 Å². The Labute approximate surface area is 91.3 Å². The number of aromatic nitrogens is 2. The number of hydrogen-bond acceptors (Lipinski definition) is 3. The van der Waals surface area contributed by atoms with Crippen LogP contribution in [0.25, 0.3) is 0 Å². The Morgan fingerprint density at radius 1 is 1.47 bits per heavy atom. The standard InChI is InChI=1S/C11H20N4/c1-3-12-10-4-6-15(7-5-10)11-8-13-14(2)9-11/h8-10,12H,3-7H2,1-2H3. The third kappa shape index (κ3) is 2.50. The number of nitrogens with zero attached hydrogens (tertiary/aromatic N) is 3. The molecule has 0 amide bonds. The molecule has 0 aliphatic carbocycles. The molecule has 1 aromatic rings. The molecule has 15 heavy (non-hydrogen) atoms. The molecule has 0 spiro atoms. The normalized spacial score (nSPS) is 18.4. The molecule has 1 saturated heterocycles. The van der Waals surface area contributed by atoms with Gasteiger partial charge in [-0.3, -0.25) is 4.68 Å². The molecule has 2 rings (SSSR count). The van der Waals surface area contributed by atoms with Crippen molar-refractivity contribution in [3.8, 4) is 0 Å². The lowest BCUT2D eigenvalue weighted by atomic mass is 10.1. The monoisotopic (exact) mass is 208 g/mol. The average Bonchev–Trinajstić information content (AvgIpc) is 2.67. The molecule has 0 atom stereocenters. The van der Waals surface area contributed by atoms with E-state index in [4.69, 9.17) is 0 Å². The quantitative estimate of drug-likeness (QED) is 0.804. The smallest absolute Gasteiger partial charge is 0.0752 e. The minimum atomic E-state index is 0.711. The number of aryl methyl sites for hydroxylation is 1. The molecule has 1 aromatic heterocycles. The summed E-state index contributed by atoms with van der Waals surface area (Å²) in [6.07, 6.45) is 6.52. The van der Waals surface area contributed by atoms with Gasteiger partial charge in [-0.2, -0.15) is 5.10 Å². The number of rotatable bonds is 3. The molecule has 1 fully saturated rings. The minimum Gasteiger partial charge on any atom is -0.369 e. The van der Waals surface area contributed by atoms with Crippen molar-refractivity contribution < 1.29 is 0 Å². The van der Waals surface area contributed by atoms with Gasteiger partial charge >= 0.3 is 0 Å². The van der Waals surface area contributed by atoms with Gasteiger partial charge in [-0.25, -0.2) is 0 Å². The van der Waals surface area contributed by atoms with E-state index in [-0.39, 0.29) is 0 Å². The molecular formula is C11H20N4. The largest absolute Gasteiger partial charge is 0.369 e. The van der Waals surface area contributed by atoms with E-state index in [1.165, 1.54) is 18.5 Å². The number of piperidine rings is 1. The van der Waals surface area contributed by atoms with E-state index in [2.05, 4.69) is 28.4 Å². The summed E-state index contributed by atoms with van der Waals surface area (Å²) in [6.45, 7) is 5.54. The van der Waals surface area contributed by atoms with Gasteiger partial charge in [-0.15, -0.1) is 0 Å². The minimum absolute atomic E-state index is 0.711. The first-order valence-corrected chi connectivity index (χ1v) is 5.76. The van der Waals surface area contributed by atoms with Gasteiger partial charge in [-0.1, -0.05) is 6.92 Å². The summed E-state index contributed by atoms with van der Waals surface area (Å²) < 4.78 is 1.87. The molecule has 2 heterocycles. The topological polar surface area (TPSA) is 33.1 Å². The zero-order valence-corrected chi connectivity index (χ0v) is 9.61. The second-order valence-electron chi connectivity index (χ2n) is 4.19. The number of nitrogens with one attached hydrogen (secondary N) is 1. The Hall–Kier alpha value is -1.03. The van der Waals surface area contributed by atoms with Crippen molar-refractivity contribution in [3.05, 3.63) is 12.4 Å². The lowest BCUT2D eigenvalue weighted by Gasteiger charge is -2.32. The van der Waals surface area contributed by atoms with Gasteiger partial charge in [0, 0.05) is 32.4 Å². The van der Waals surface area contributed by atoms with Crippen LogP contribution in [0.3, 0.4) is 0 Å². The zero-order chi connectivity index (χ0) is 10.7. The highest BCUT2D eigenvalue weighted by Gasteiger charge is 2.18. The fraction of sp³-hybridized carbons (Fsp3) is 0.727. The predicted molar refractivity (Wildman–Crippen MR) is 62.1 cm³/mol. The van der Waals surface area contributed by atoms with Crippen molar-refractivity contribution in [2.24, 2.45) is 7.05 Å². The molecular weight excluding hydrogens is 188 g/mol. The molecule has 1 aliphatic rings. The van der Waals surface area contributed by atoms with E-state index in [0.717, 1.165) is 19.6 Å². The van der Waals surface area contributed by atoms with Crippen molar-refractivity contribution in [1.82, 2.24) is 15.1 Å². The van der Waals surface area contributed by atoms with Crippen LogP contribution in [-0.4, -0.2) is 35.5 Å². The van der Waals surface area contributed by atoms with Crippen LogP contribution in [0.4, 0.5) is 5.69 Å². The van der Waals surface area contributed by atoms with Crippen molar-refractivity contribution in [1.29, 1.82) is 0 Å². The predicted octanol–water partition coefficient (Wildman–Crippen LogP) is 0.998.